The first-order valence-electron chi connectivity index (χ1n) is 8.75. The van der Waals surface area contributed by atoms with Crippen LogP contribution in [0, 0.1) is 0 Å². The summed E-state index contributed by atoms with van der Waals surface area (Å²) in [6.45, 7) is 2.26. The fourth-order valence-electron chi connectivity index (χ4n) is 2.74. The molecule has 0 radical (unpaired) electrons. The van der Waals surface area contributed by atoms with Gasteiger partial charge in [0.15, 0.2) is 0 Å². The first kappa shape index (κ1) is 17.9. The summed E-state index contributed by atoms with van der Waals surface area (Å²) in [5, 5.41) is 18.9. The largest absolute Gasteiger partial charge is 0.508 e. The highest BCUT2D eigenvalue weighted by molar-refractivity contribution is 5.38. The van der Waals surface area contributed by atoms with Crippen molar-refractivity contribution >= 4 is 0 Å². The third-order valence-corrected chi connectivity index (χ3v) is 4.12. The summed E-state index contributed by atoms with van der Waals surface area (Å²) in [5.41, 5.74) is 0.948. The lowest BCUT2D eigenvalue weighted by atomic mass is 10.0. The Morgan fingerprint density at radius 1 is 0.714 bits per heavy atom. The van der Waals surface area contributed by atoms with Crippen molar-refractivity contribution in [1.82, 2.24) is 0 Å². The molecule has 0 aliphatic rings. The Hall–Kier alpha value is -1.18. The van der Waals surface area contributed by atoms with Crippen LogP contribution in [-0.4, -0.2) is 10.2 Å². The summed E-state index contributed by atoms with van der Waals surface area (Å²) in [6.07, 6.45) is 15.6. The van der Waals surface area contributed by atoms with Crippen molar-refractivity contribution in [2.75, 3.05) is 0 Å². The van der Waals surface area contributed by atoms with Gasteiger partial charge in [-0.3, -0.25) is 0 Å². The number of hydrogen-bond acceptors (Lipinski definition) is 2. The van der Waals surface area contributed by atoms with Gasteiger partial charge in [-0.2, -0.15) is 0 Å². The number of unbranched alkanes of at least 4 members (excludes halogenated alkanes) is 10. The highest BCUT2D eigenvalue weighted by atomic mass is 16.3. The van der Waals surface area contributed by atoms with Crippen LogP contribution >= 0.6 is 0 Å². The number of benzene rings is 1. The van der Waals surface area contributed by atoms with E-state index in [9.17, 15) is 10.2 Å². The summed E-state index contributed by atoms with van der Waals surface area (Å²) in [5.74, 6) is 0.359. The number of aryl methyl sites for hydroxylation is 1. The molecule has 0 saturated carbocycles. The lowest BCUT2D eigenvalue weighted by molar-refractivity contribution is 0.444. The minimum absolute atomic E-state index is 0.134. The molecule has 2 heteroatoms. The first-order chi connectivity index (χ1) is 10.2. The van der Waals surface area contributed by atoms with Crippen LogP contribution in [0.4, 0.5) is 0 Å². The fraction of sp³-hybridized carbons (Fsp3) is 0.684. The molecule has 1 aromatic rings. The van der Waals surface area contributed by atoms with Crippen molar-refractivity contribution in [3.63, 3.8) is 0 Å². The lowest BCUT2D eigenvalue weighted by Gasteiger charge is -2.05. The Kier molecular flexibility index (Phi) is 9.77. The predicted octanol–water partition coefficient (Wildman–Crippen LogP) is 5.95. The molecule has 0 amide bonds. The fourth-order valence-corrected chi connectivity index (χ4v) is 2.74. The SMILES string of the molecule is CCCCCCCCCCCCCc1ccc(O)cc1O. The first-order valence-corrected chi connectivity index (χ1v) is 8.75. The molecule has 0 aliphatic carbocycles. The molecule has 21 heavy (non-hydrogen) atoms. The number of rotatable bonds is 12. The normalized spacial score (nSPS) is 10.9. The minimum Gasteiger partial charge on any atom is -0.508 e. The molecule has 0 saturated heterocycles. The van der Waals surface area contributed by atoms with Gasteiger partial charge in [0, 0.05) is 6.07 Å². The van der Waals surface area contributed by atoms with E-state index in [0.29, 0.717) is 0 Å². The van der Waals surface area contributed by atoms with E-state index in [4.69, 9.17) is 0 Å². The van der Waals surface area contributed by atoms with E-state index in [1.165, 1.54) is 70.3 Å². The molecule has 0 aromatic heterocycles. The number of phenols is 2. The lowest BCUT2D eigenvalue weighted by Crippen LogP contribution is -1.87. The van der Waals surface area contributed by atoms with Gasteiger partial charge in [-0.25, -0.2) is 0 Å². The van der Waals surface area contributed by atoms with Crippen LogP contribution in [0.2, 0.25) is 0 Å². The molecule has 1 aromatic carbocycles. The van der Waals surface area contributed by atoms with Gasteiger partial charge >= 0.3 is 0 Å². The zero-order chi connectivity index (χ0) is 15.3. The second-order valence-corrected chi connectivity index (χ2v) is 6.10. The summed E-state index contributed by atoms with van der Waals surface area (Å²) in [7, 11) is 0. The summed E-state index contributed by atoms with van der Waals surface area (Å²) < 4.78 is 0. The van der Waals surface area contributed by atoms with Crippen LogP contribution in [0.25, 0.3) is 0 Å². The van der Waals surface area contributed by atoms with Gasteiger partial charge in [0.2, 0.25) is 0 Å². The van der Waals surface area contributed by atoms with Crippen LogP contribution < -0.4 is 0 Å². The van der Waals surface area contributed by atoms with Crippen LogP contribution in [0.15, 0.2) is 18.2 Å². The number of hydrogen-bond donors (Lipinski definition) is 2. The van der Waals surface area contributed by atoms with Crippen LogP contribution in [-0.2, 0) is 6.42 Å². The molecule has 0 aliphatic heterocycles. The van der Waals surface area contributed by atoms with E-state index in [2.05, 4.69) is 6.92 Å². The second kappa shape index (κ2) is 11.5. The van der Waals surface area contributed by atoms with Crippen LogP contribution in [0.5, 0.6) is 11.5 Å². The Morgan fingerprint density at radius 3 is 1.76 bits per heavy atom. The standard InChI is InChI=1S/C19H32O2/c1-2-3-4-5-6-7-8-9-10-11-12-13-17-14-15-18(20)16-19(17)21/h14-16,20-21H,2-13H2,1H3. The smallest absolute Gasteiger partial charge is 0.122 e. The Morgan fingerprint density at radius 2 is 1.24 bits per heavy atom. The third kappa shape index (κ3) is 8.64. The third-order valence-electron chi connectivity index (χ3n) is 4.12. The van der Waals surface area contributed by atoms with E-state index >= 15 is 0 Å². The average molecular weight is 292 g/mol. The highest BCUT2D eigenvalue weighted by Crippen LogP contribution is 2.24. The maximum atomic E-state index is 9.69. The van der Waals surface area contributed by atoms with Gasteiger partial charge in [-0.1, -0.05) is 77.2 Å². The molecule has 2 nitrogen and oxygen atoms in total. The zero-order valence-electron chi connectivity index (χ0n) is 13.6. The van der Waals surface area contributed by atoms with Crippen molar-refractivity contribution in [2.24, 2.45) is 0 Å². The van der Waals surface area contributed by atoms with Crippen molar-refractivity contribution < 1.29 is 10.2 Å². The average Bonchev–Trinajstić information content (AvgIpc) is 2.46. The Balaban J connectivity index is 1.93. The molecule has 0 bridgehead atoms. The van der Waals surface area contributed by atoms with Gasteiger partial charge in [-0.05, 0) is 24.5 Å². The van der Waals surface area contributed by atoms with Gasteiger partial charge in [0.05, 0.1) is 0 Å². The van der Waals surface area contributed by atoms with Crippen molar-refractivity contribution in [3.05, 3.63) is 23.8 Å². The molecule has 0 atom stereocenters. The van der Waals surface area contributed by atoms with Crippen molar-refractivity contribution in [3.8, 4) is 11.5 Å². The summed E-state index contributed by atoms with van der Waals surface area (Å²) in [6, 6.07) is 4.89. The number of phenolic OH excluding ortho intramolecular Hbond substituents is 2. The van der Waals surface area contributed by atoms with Crippen LogP contribution in [0.1, 0.15) is 83.1 Å². The molecular weight excluding hydrogens is 260 g/mol. The maximum Gasteiger partial charge on any atom is 0.122 e. The van der Waals surface area contributed by atoms with E-state index in [-0.39, 0.29) is 11.5 Å². The monoisotopic (exact) mass is 292 g/mol. The van der Waals surface area contributed by atoms with E-state index in [1.54, 1.807) is 6.07 Å². The van der Waals surface area contributed by atoms with E-state index in [0.717, 1.165) is 18.4 Å². The zero-order valence-corrected chi connectivity index (χ0v) is 13.6. The predicted molar refractivity (Wildman–Crippen MR) is 89.9 cm³/mol. The quantitative estimate of drug-likeness (QED) is 0.467. The topological polar surface area (TPSA) is 40.5 Å². The molecule has 0 unspecified atom stereocenters. The molecule has 1 rings (SSSR count). The van der Waals surface area contributed by atoms with E-state index < -0.39 is 0 Å². The van der Waals surface area contributed by atoms with Crippen molar-refractivity contribution in [1.29, 1.82) is 0 Å². The molecule has 0 fully saturated rings. The van der Waals surface area contributed by atoms with Gasteiger partial charge < -0.3 is 10.2 Å². The number of aromatic hydroxyl groups is 2. The molecule has 2 N–H and O–H groups in total. The van der Waals surface area contributed by atoms with Gasteiger partial charge in [-0.15, -0.1) is 0 Å². The van der Waals surface area contributed by atoms with Gasteiger partial charge in [0.25, 0.3) is 0 Å². The summed E-state index contributed by atoms with van der Waals surface area (Å²) >= 11 is 0. The maximum absolute atomic E-state index is 9.69. The van der Waals surface area contributed by atoms with Crippen molar-refractivity contribution in [2.45, 2.75) is 84.0 Å². The molecule has 120 valence electrons. The molecular formula is C19H32O2. The molecule has 0 spiro atoms. The molecule has 0 heterocycles. The second-order valence-electron chi connectivity index (χ2n) is 6.10. The van der Waals surface area contributed by atoms with E-state index in [1.807, 2.05) is 6.07 Å². The van der Waals surface area contributed by atoms with Crippen LogP contribution in [0.3, 0.4) is 0 Å². The Labute approximate surface area is 130 Å². The minimum atomic E-state index is 0.134. The summed E-state index contributed by atoms with van der Waals surface area (Å²) in [4.78, 5) is 0. The highest BCUT2D eigenvalue weighted by Gasteiger charge is 2.02. The van der Waals surface area contributed by atoms with Gasteiger partial charge in [0.1, 0.15) is 11.5 Å². The Bertz CT molecular complexity index is 374.